The Labute approximate surface area is 108 Å². The first-order valence-electron chi connectivity index (χ1n) is 6.47. The number of allylic oxidation sites excluding steroid dienone is 1. The summed E-state index contributed by atoms with van der Waals surface area (Å²) in [7, 11) is 0. The number of carbonyl (C=O) groups excluding carboxylic acids is 1. The quantitative estimate of drug-likeness (QED) is 0.825. The number of hydrogen-bond acceptors (Lipinski definition) is 2. The van der Waals surface area contributed by atoms with E-state index < -0.39 is 0 Å². The molecular formula is C15H19NO2. The van der Waals surface area contributed by atoms with Crippen LogP contribution in [0.2, 0.25) is 0 Å². The Morgan fingerprint density at radius 1 is 1.22 bits per heavy atom. The second-order valence-corrected chi connectivity index (χ2v) is 4.52. The minimum Gasteiger partial charge on any atom is -0.445 e. The van der Waals surface area contributed by atoms with Crippen LogP contribution in [0, 0.1) is 0 Å². The van der Waals surface area contributed by atoms with E-state index >= 15 is 0 Å². The molecule has 2 rings (SSSR count). The molecule has 0 heterocycles. The zero-order valence-electron chi connectivity index (χ0n) is 10.5. The molecular weight excluding hydrogens is 226 g/mol. The molecule has 0 saturated carbocycles. The van der Waals surface area contributed by atoms with E-state index in [1.54, 1.807) is 0 Å². The molecule has 0 spiro atoms. The third-order valence-corrected chi connectivity index (χ3v) is 3.05. The van der Waals surface area contributed by atoms with Crippen molar-refractivity contribution in [3.8, 4) is 0 Å². The van der Waals surface area contributed by atoms with Crippen LogP contribution in [-0.4, -0.2) is 12.7 Å². The van der Waals surface area contributed by atoms with Crippen LogP contribution in [0.3, 0.4) is 0 Å². The van der Waals surface area contributed by atoms with E-state index in [2.05, 4.69) is 11.4 Å². The second-order valence-electron chi connectivity index (χ2n) is 4.52. The van der Waals surface area contributed by atoms with Crippen molar-refractivity contribution >= 4 is 6.09 Å². The summed E-state index contributed by atoms with van der Waals surface area (Å²) in [5.74, 6) is 0. The van der Waals surface area contributed by atoms with Gasteiger partial charge in [-0.3, -0.25) is 0 Å². The summed E-state index contributed by atoms with van der Waals surface area (Å²) < 4.78 is 5.18. The van der Waals surface area contributed by atoms with Gasteiger partial charge in [0.1, 0.15) is 6.61 Å². The normalized spacial score (nSPS) is 14.8. The monoisotopic (exact) mass is 245 g/mol. The van der Waals surface area contributed by atoms with E-state index in [-0.39, 0.29) is 6.09 Å². The first kappa shape index (κ1) is 12.7. The molecule has 1 N–H and O–H groups in total. The predicted molar refractivity (Wildman–Crippen MR) is 71.2 cm³/mol. The van der Waals surface area contributed by atoms with Crippen molar-refractivity contribution in [2.45, 2.75) is 32.2 Å². The van der Waals surface area contributed by atoms with Gasteiger partial charge in [-0.1, -0.05) is 36.4 Å². The van der Waals surface area contributed by atoms with Gasteiger partial charge in [0, 0.05) is 6.54 Å². The van der Waals surface area contributed by atoms with Crippen LogP contribution >= 0.6 is 0 Å². The lowest BCUT2D eigenvalue weighted by atomic mass is 10.0. The average Bonchev–Trinajstić information content (AvgIpc) is 2.45. The highest BCUT2D eigenvalue weighted by atomic mass is 16.5. The van der Waals surface area contributed by atoms with Gasteiger partial charge in [-0.05, 0) is 36.8 Å². The van der Waals surface area contributed by atoms with Crippen LogP contribution in [0.25, 0.3) is 0 Å². The summed E-state index contributed by atoms with van der Waals surface area (Å²) in [5.41, 5.74) is 2.32. The highest BCUT2D eigenvalue weighted by Gasteiger charge is 2.07. The van der Waals surface area contributed by atoms with Crippen LogP contribution in [0.5, 0.6) is 0 Å². The summed E-state index contributed by atoms with van der Waals surface area (Å²) in [6.07, 6.45) is 6.49. The number of amides is 1. The lowest BCUT2D eigenvalue weighted by Crippen LogP contribution is -2.24. The van der Waals surface area contributed by atoms with E-state index in [1.807, 2.05) is 30.3 Å². The van der Waals surface area contributed by atoms with Crippen molar-refractivity contribution in [3.05, 3.63) is 47.5 Å². The van der Waals surface area contributed by atoms with Crippen LogP contribution in [0.4, 0.5) is 4.79 Å². The van der Waals surface area contributed by atoms with E-state index in [0.29, 0.717) is 13.2 Å². The third-order valence-electron chi connectivity index (χ3n) is 3.05. The molecule has 0 unspecified atom stereocenters. The van der Waals surface area contributed by atoms with Gasteiger partial charge in [0.25, 0.3) is 0 Å². The maximum Gasteiger partial charge on any atom is 0.407 e. The Morgan fingerprint density at radius 2 is 2.06 bits per heavy atom. The largest absolute Gasteiger partial charge is 0.445 e. The van der Waals surface area contributed by atoms with Gasteiger partial charge >= 0.3 is 6.09 Å². The Morgan fingerprint density at radius 3 is 2.78 bits per heavy atom. The summed E-state index contributed by atoms with van der Waals surface area (Å²) in [5, 5.41) is 2.75. The molecule has 1 aliphatic rings. The number of ether oxygens (including phenoxy) is 1. The van der Waals surface area contributed by atoms with Gasteiger partial charge in [-0.25, -0.2) is 4.79 Å². The van der Waals surface area contributed by atoms with Gasteiger partial charge < -0.3 is 10.1 Å². The number of rotatable bonds is 4. The van der Waals surface area contributed by atoms with Crippen molar-refractivity contribution in [1.29, 1.82) is 0 Å². The molecule has 1 amide bonds. The molecule has 1 aromatic rings. The van der Waals surface area contributed by atoms with Crippen LogP contribution in [-0.2, 0) is 11.3 Å². The molecule has 0 aliphatic heterocycles. The number of nitrogens with one attached hydrogen (secondary N) is 1. The molecule has 1 aliphatic carbocycles. The van der Waals surface area contributed by atoms with Crippen molar-refractivity contribution < 1.29 is 9.53 Å². The summed E-state index contributed by atoms with van der Waals surface area (Å²) in [6, 6.07) is 9.82. The number of carbonyl (C=O) groups is 1. The molecule has 18 heavy (non-hydrogen) atoms. The maximum absolute atomic E-state index is 11.5. The van der Waals surface area contributed by atoms with Crippen molar-refractivity contribution in [2.75, 3.05) is 6.61 Å². The molecule has 3 nitrogen and oxygen atoms in total. The first-order chi connectivity index (χ1) is 8.84. The maximum atomic E-state index is 11.5. The fraction of sp³-hybridized carbons (Fsp3) is 0.400. The van der Waals surface area contributed by atoms with Crippen LogP contribution in [0.15, 0.2) is 42.0 Å². The van der Waals surface area contributed by atoms with Gasteiger partial charge in [-0.15, -0.1) is 0 Å². The molecule has 0 radical (unpaired) electrons. The molecule has 1 aromatic carbocycles. The standard InChI is InChI=1S/C15H19NO2/c17-15(16-11-13-7-3-1-4-8-13)18-12-14-9-5-2-6-10-14/h1,3-4,7-9H,2,5-6,10-12H2,(H,16,17). The smallest absolute Gasteiger partial charge is 0.407 e. The molecule has 0 aromatic heterocycles. The SMILES string of the molecule is O=C(NCc1ccccc1)OCC1=CCCCC1. The van der Waals surface area contributed by atoms with Crippen LogP contribution < -0.4 is 5.32 Å². The lowest BCUT2D eigenvalue weighted by molar-refractivity contribution is 0.154. The Balaban J connectivity index is 1.67. The number of hydrogen-bond donors (Lipinski definition) is 1. The molecule has 0 bridgehead atoms. The number of alkyl carbamates (subject to hydrolysis) is 1. The first-order valence-corrected chi connectivity index (χ1v) is 6.47. The average molecular weight is 245 g/mol. The molecule has 0 atom stereocenters. The van der Waals surface area contributed by atoms with Crippen LogP contribution in [0.1, 0.15) is 31.2 Å². The molecule has 96 valence electrons. The van der Waals surface area contributed by atoms with Gasteiger partial charge in [0.2, 0.25) is 0 Å². The fourth-order valence-corrected chi connectivity index (χ4v) is 2.02. The summed E-state index contributed by atoms with van der Waals surface area (Å²) >= 11 is 0. The van der Waals surface area contributed by atoms with Gasteiger partial charge in [0.05, 0.1) is 0 Å². The van der Waals surface area contributed by atoms with E-state index in [4.69, 9.17) is 4.74 Å². The van der Waals surface area contributed by atoms with E-state index in [9.17, 15) is 4.79 Å². The highest BCUT2D eigenvalue weighted by molar-refractivity contribution is 5.67. The van der Waals surface area contributed by atoms with Crippen molar-refractivity contribution in [2.24, 2.45) is 0 Å². The topological polar surface area (TPSA) is 38.3 Å². The minimum atomic E-state index is -0.342. The molecule has 0 saturated heterocycles. The van der Waals surface area contributed by atoms with Gasteiger partial charge in [0.15, 0.2) is 0 Å². The van der Waals surface area contributed by atoms with E-state index in [1.165, 1.54) is 18.4 Å². The fourth-order valence-electron chi connectivity index (χ4n) is 2.02. The zero-order chi connectivity index (χ0) is 12.6. The lowest BCUT2D eigenvalue weighted by Gasteiger charge is -2.13. The van der Waals surface area contributed by atoms with Crippen molar-refractivity contribution in [1.82, 2.24) is 5.32 Å². The third kappa shape index (κ3) is 4.24. The highest BCUT2D eigenvalue weighted by Crippen LogP contribution is 2.17. The van der Waals surface area contributed by atoms with Crippen molar-refractivity contribution in [3.63, 3.8) is 0 Å². The molecule has 0 fully saturated rings. The Kier molecular flexibility index (Phi) is 4.82. The second kappa shape index (κ2) is 6.84. The zero-order valence-corrected chi connectivity index (χ0v) is 10.5. The van der Waals surface area contributed by atoms with E-state index in [0.717, 1.165) is 18.4 Å². The summed E-state index contributed by atoms with van der Waals surface area (Å²) in [4.78, 5) is 11.5. The minimum absolute atomic E-state index is 0.342. The Hall–Kier alpha value is -1.77. The summed E-state index contributed by atoms with van der Waals surface area (Å²) in [6.45, 7) is 0.944. The van der Waals surface area contributed by atoms with Gasteiger partial charge in [-0.2, -0.15) is 0 Å². The predicted octanol–water partition coefficient (Wildman–Crippen LogP) is 3.41. The molecule has 3 heteroatoms. The number of benzene rings is 1. The Bertz CT molecular complexity index is 412.